The van der Waals surface area contributed by atoms with Gasteiger partial charge in [0.1, 0.15) is 6.04 Å². The number of carbonyl (C=O) groups is 3. The van der Waals surface area contributed by atoms with Crippen molar-refractivity contribution in [1.29, 1.82) is 0 Å². The zero-order valence-electron chi connectivity index (χ0n) is 12.1. The van der Waals surface area contributed by atoms with E-state index in [4.69, 9.17) is 0 Å². The first-order valence-electron chi connectivity index (χ1n) is 6.63. The van der Waals surface area contributed by atoms with Gasteiger partial charge in [-0.2, -0.15) is 11.8 Å². The third kappa shape index (κ3) is 5.23. The van der Waals surface area contributed by atoms with Crippen molar-refractivity contribution in [1.82, 2.24) is 4.90 Å². The lowest BCUT2D eigenvalue weighted by Gasteiger charge is -2.26. The highest BCUT2D eigenvalue weighted by Gasteiger charge is 2.26. The van der Waals surface area contributed by atoms with Gasteiger partial charge < -0.3 is 10.0 Å². The van der Waals surface area contributed by atoms with E-state index in [1.54, 1.807) is 31.2 Å². The Morgan fingerprint density at radius 1 is 1.24 bits per heavy atom. The first-order valence-corrected chi connectivity index (χ1v) is 7.78. The van der Waals surface area contributed by atoms with Crippen LogP contribution in [0, 0.1) is 0 Å². The summed E-state index contributed by atoms with van der Waals surface area (Å²) >= 11 is 1.23. The van der Waals surface area contributed by atoms with Gasteiger partial charge in [0, 0.05) is 24.8 Å². The smallest absolute Gasteiger partial charge is 0.327 e. The van der Waals surface area contributed by atoms with Gasteiger partial charge in [-0.05, 0) is 6.92 Å². The molecule has 1 amide bonds. The fourth-order valence-electron chi connectivity index (χ4n) is 1.93. The largest absolute Gasteiger partial charge is 0.480 e. The number of carboxylic acid groups (broad SMARTS) is 1. The maximum absolute atomic E-state index is 11.9. The summed E-state index contributed by atoms with van der Waals surface area (Å²) in [6.45, 7) is 3.41. The van der Waals surface area contributed by atoms with Crippen LogP contribution in [0.1, 0.15) is 24.2 Å². The van der Waals surface area contributed by atoms with Gasteiger partial charge >= 0.3 is 5.97 Å². The van der Waals surface area contributed by atoms with E-state index in [0.29, 0.717) is 12.1 Å². The number of ketones is 1. The number of carbonyl (C=O) groups excluding carboxylic acids is 2. The van der Waals surface area contributed by atoms with Gasteiger partial charge in [-0.1, -0.05) is 30.3 Å². The average molecular weight is 309 g/mol. The molecule has 0 bridgehead atoms. The minimum Gasteiger partial charge on any atom is -0.480 e. The molecule has 1 aromatic rings. The van der Waals surface area contributed by atoms with Crippen molar-refractivity contribution < 1.29 is 19.5 Å². The molecule has 0 spiro atoms. The van der Waals surface area contributed by atoms with Crippen LogP contribution in [0.25, 0.3) is 0 Å². The van der Waals surface area contributed by atoms with E-state index in [1.165, 1.54) is 23.6 Å². The summed E-state index contributed by atoms with van der Waals surface area (Å²) in [5.74, 6) is -0.980. The van der Waals surface area contributed by atoms with Gasteiger partial charge in [-0.25, -0.2) is 4.79 Å². The van der Waals surface area contributed by atoms with E-state index in [2.05, 4.69) is 0 Å². The molecule has 0 heterocycles. The van der Waals surface area contributed by atoms with Crippen LogP contribution in [-0.2, 0) is 9.59 Å². The molecule has 0 aliphatic heterocycles. The minimum atomic E-state index is -1.05. The second-order valence-corrected chi connectivity index (χ2v) is 5.49. The normalized spacial score (nSPS) is 11.7. The van der Waals surface area contributed by atoms with E-state index in [9.17, 15) is 19.5 Å². The summed E-state index contributed by atoms with van der Waals surface area (Å²) in [5.41, 5.74) is 0.607. The summed E-state index contributed by atoms with van der Waals surface area (Å²) < 4.78 is 0. The number of rotatable bonds is 8. The minimum absolute atomic E-state index is 0.0457. The molecule has 1 unspecified atom stereocenters. The molecule has 0 aliphatic carbocycles. The first-order chi connectivity index (χ1) is 9.97. The number of carboxylic acids is 1. The van der Waals surface area contributed by atoms with Crippen LogP contribution < -0.4 is 0 Å². The second-order valence-electron chi connectivity index (χ2n) is 4.46. The van der Waals surface area contributed by atoms with Crippen molar-refractivity contribution in [3.8, 4) is 0 Å². The molecular weight excluding hydrogens is 290 g/mol. The van der Waals surface area contributed by atoms with Crippen LogP contribution in [0.5, 0.6) is 0 Å². The van der Waals surface area contributed by atoms with Crippen LogP contribution in [0.3, 0.4) is 0 Å². The summed E-state index contributed by atoms with van der Waals surface area (Å²) in [5, 5.41) is 9.21. The van der Waals surface area contributed by atoms with Crippen molar-refractivity contribution in [2.75, 3.05) is 18.1 Å². The molecule has 0 radical (unpaired) electrons. The van der Waals surface area contributed by atoms with Gasteiger partial charge in [0.15, 0.2) is 5.78 Å². The summed E-state index contributed by atoms with van der Waals surface area (Å²) in [6, 6.07) is 7.95. The van der Waals surface area contributed by atoms with E-state index < -0.39 is 12.0 Å². The molecule has 0 saturated carbocycles. The molecule has 5 nitrogen and oxygen atoms in total. The lowest BCUT2D eigenvalue weighted by atomic mass is 10.2. The maximum atomic E-state index is 11.9. The highest BCUT2D eigenvalue weighted by Crippen LogP contribution is 2.12. The number of amides is 1. The monoisotopic (exact) mass is 309 g/mol. The predicted octanol–water partition coefficient (Wildman–Crippen LogP) is 1.92. The van der Waals surface area contributed by atoms with E-state index in [0.717, 1.165) is 0 Å². The standard InChI is InChI=1S/C15H19NO4S/c1-3-16(11(2)17)13(15(19)20)9-21-10-14(18)12-7-5-4-6-8-12/h4-8,13H,3,9-10H2,1-2H3,(H,19,20). The highest BCUT2D eigenvalue weighted by molar-refractivity contribution is 8.00. The zero-order valence-corrected chi connectivity index (χ0v) is 12.9. The SMILES string of the molecule is CCN(C(C)=O)C(CSCC(=O)c1ccccc1)C(=O)O. The second kappa shape index (κ2) is 8.46. The topological polar surface area (TPSA) is 74.7 Å². The van der Waals surface area contributed by atoms with Crippen molar-refractivity contribution in [3.63, 3.8) is 0 Å². The average Bonchev–Trinajstić information content (AvgIpc) is 2.46. The van der Waals surface area contributed by atoms with Gasteiger partial charge in [-0.15, -0.1) is 0 Å². The molecule has 1 atom stereocenters. The number of thioether (sulfide) groups is 1. The van der Waals surface area contributed by atoms with Crippen molar-refractivity contribution in [2.45, 2.75) is 19.9 Å². The Morgan fingerprint density at radius 2 is 1.86 bits per heavy atom. The molecule has 6 heteroatoms. The van der Waals surface area contributed by atoms with Gasteiger partial charge in [-0.3, -0.25) is 9.59 Å². The zero-order chi connectivity index (χ0) is 15.8. The lowest BCUT2D eigenvalue weighted by molar-refractivity contribution is -0.148. The van der Waals surface area contributed by atoms with Crippen molar-refractivity contribution in [2.24, 2.45) is 0 Å². The lowest BCUT2D eigenvalue weighted by Crippen LogP contribution is -2.45. The van der Waals surface area contributed by atoms with E-state index in [-0.39, 0.29) is 23.2 Å². The molecule has 0 aliphatic rings. The third-order valence-corrected chi connectivity index (χ3v) is 4.03. The molecule has 0 aromatic heterocycles. The van der Waals surface area contributed by atoms with Gasteiger partial charge in [0.2, 0.25) is 5.91 Å². The fourth-order valence-corrected chi connectivity index (χ4v) is 2.94. The van der Waals surface area contributed by atoms with E-state index >= 15 is 0 Å². The van der Waals surface area contributed by atoms with Crippen molar-refractivity contribution >= 4 is 29.4 Å². The fraction of sp³-hybridized carbons (Fsp3) is 0.400. The van der Waals surface area contributed by atoms with Crippen LogP contribution in [-0.4, -0.2) is 51.8 Å². The number of hydrogen-bond acceptors (Lipinski definition) is 4. The third-order valence-electron chi connectivity index (χ3n) is 3.01. The number of benzene rings is 1. The number of Topliss-reactive ketones (excluding diaryl/α,β-unsaturated/α-hetero) is 1. The Bertz CT molecular complexity index is 504. The number of aliphatic carboxylic acids is 1. The predicted molar refractivity (Wildman–Crippen MR) is 82.6 cm³/mol. The van der Waals surface area contributed by atoms with Crippen LogP contribution in [0.15, 0.2) is 30.3 Å². The summed E-state index contributed by atoms with van der Waals surface area (Å²) in [4.78, 5) is 35.9. The van der Waals surface area contributed by atoms with E-state index in [1.807, 2.05) is 6.07 Å². The quantitative estimate of drug-likeness (QED) is 0.743. The van der Waals surface area contributed by atoms with Crippen LogP contribution >= 0.6 is 11.8 Å². The number of likely N-dealkylation sites (N-methyl/N-ethyl adjacent to an activating group) is 1. The molecule has 114 valence electrons. The Kier molecular flexibility index (Phi) is 6.94. The Labute approximate surface area is 128 Å². The number of nitrogens with zero attached hydrogens (tertiary/aromatic N) is 1. The molecule has 0 fully saturated rings. The summed E-state index contributed by atoms with van der Waals surface area (Å²) in [7, 11) is 0. The molecular formula is C15H19NO4S. The Hall–Kier alpha value is -1.82. The maximum Gasteiger partial charge on any atom is 0.327 e. The summed E-state index contributed by atoms with van der Waals surface area (Å²) in [6.07, 6.45) is 0. The molecule has 1 N–H and O–H groups in total. The molecule has 21 heavy (non-hydrogen) atoms. The Morgan fingerprint density at radius 3 is 2.33 bits per heavy atom. The van der Waals surface area contributed by atoms with Crippen molar-refractivity contribution in [3.05, 3.63) is 35.9 Å². The molecule has 1 rings (SSSR count). The number of hydrogen-bond donors (Lipinski definition) is 1. The van der Waals surface area contributed by atoms with Crippen LogP contribution in [0.4, 0.5) is 0 Å². The van der Waals surface area contributed by atoms with Crippen LogP contribution in [0.2, 0.25) is 0 Å². The first kappa shape index (κ1) is 17.2. The highest BCUT2D eigenvalue weighted by atomic mass is 32.2. The molecule has 1 aromatic carbocycles. The van der Waals surface area contributed by atoms with Gasteiger partial charge in [0.05, 0.1) is 5.75 Å². The molecule has 0 saturated heterocycles. The Balaban J connectivity index is 2.57. The van der Waals surface area contributed by atoms with Gasteiger partial charge in [0.25, 0.3) is 0 Å².